The summed E-state index contributed by atoms with van der Waals surface area (Å²) in [6, 6.07) is 16.7. The van der Waals surface area contributed by atoms with Gasteiger partial charge in [0.25, 0.3) is 5.91 Å². The van der Waals surface area contributed by atoms with Crippen LogP contribution in [0, 0.1) is 5.82 Å². The number of ether oxygens (including phenoxy) is 2. The van der Waals surface area contributed by atoms with Crippen LogP contribution in [0.15, 0.2) is 66.4 Å². The van der Waals surface area contributed by atoms with Crippen molar-refractivity contribution in [1.29, 1.82) is 0 Å². The number of piperazine rings is 1. The molecule has 2 aromatic rings. The number of benzene rings is 2. The molecule has 4 rings (SSSR count). The summed E-state index contributed by atoms with van der Waals surface area (Å²) in [5.41, 5.74) is 2.19. The Morgan fingerprint density at radius 3 is 2.47 bits per heavy atom. The Labute approximate surface area is 200 Å². The maximum Gasteiger partial charge on any atom is 0.288 e. The molecule has 7 heteroatoms. The third-order valence-electron chi connectivity index (χ3n) is 6.33. The molecule has 2 aromatic carbocycles. The maximum atomic E-state index is 13.4. The Bertz CT molecular complexity index is 943. The van der Waals surface area contributed by atoms with Gasteiger partial charge in [-0.25, -0.2) is 4.39 Å². The molecule has 1 N–H and O–H groups in total. The molecule has 182 valence electrons. The van der Waals surface area contributed by atoms with Crippen molar-refractivity contribution < 1.29 is 23.8 Å². The number of unbranched alkanes of at least 4 members (excludes halogenated alkanes) is 1. The molecule has 1 amide bonds. The van der Waals surface area contributed by atoms with Gasteiger partial charge in [0.2, 0.25) is 6.29 Å². The first kappa shape index (κ1) is 24.4. The highest BCUT2D eigenvalue weighted by Gasteiger charge is 2.32. The van der Waals surface area contributed by atoms with Gasteiger partial charge in [-0.3, -0.25) is 9.69 Å². The smallest absolute Gasteiger partial charge is 0.288 e. The molecule has 6 nitrogen and oxygen atoms in total. The fourth-order valence-corrected chi connectivity index (χ4v) is 4.39. The Kier molecular flexibility index (Phi) is 8.68. The second kappa shape index (κ2) is 12.1. The third-order valence-corrected chi connectivity index (χ3v) is 6.33. The molecule has 1 fully saturated rings. The lowest BCUT2D eigenvalue weighted by Crippen LogP contribution is -2.49. The summed E-state index contributed by atoms with van der Waals surface area (Å²) in [6.07, 6.45) is 3.21. The van der Waals surface area contributed by atoms with E-state index in [1.54, 1.807) is 12.1 Å². The molecule has 34 heavy (non-hydrogen) atoms. The van der Waals surface area contributed by atoms with Crippen LogP contribution in [0.4, 0.5) is 4.39 Å². The number of aliphatic hydroxyl groups is 1. The summed E-state index contributed by atoms with van der Waals surface area (Å²) in [6.45, 7) is 4.31. The summed E-state index contributed by atoms with van der Waals surface area (Å²) < 4.78 is 25.3. The normalized spacial score (nSPS) is 21.1. The molecule has 0 saturated carbocycles. The highest BCUT2D eigenvalue weighted by atomic mass is 19.1. The first-order valence-corrected chi connectivity index (χ1v) is 12.0. The van der Waals surface area contributed by atoms with E-state index >= 15 is 0 Å². The molecular weight excluding hydrogens is 435 g/mol. The van der Waals surface area contributed by atoms with Gasteiger partial charge < -0.3 is 19.5 Å². The van der Waals surface area contributed by atoms with Crippen LogP contribution in [0.5, 0.6) is 0 Å². The fraction of sp³-hybridized carbons (Fsp3) is 0.444. The van der Waals surface area contributed by atoms with Gasteiger partial charge in [-0.1, -0.05) is 42.5 Å². The van der Waals surface area contributed by atoms with Crippen LogP contribution in [-0.4, -0.2) is 66.5 Å². The van der Waals surface area contributed by atoms with E-state index in [0.717, 1.165) is 25.2 Å². The van der Waals surface area contributed by atoms with Crippen LogP contribution >= 0.6 is 0 Å². The van der Waals surface area contributed by atoms with Crippen molar-refractivity contribution in [3.05, 3.63) is 83.4 Å². The highest BCUT2D eigenvalue weighted by molar-refractivity contribution is 5.92. The molecule has 2 heterocycles. The van der Waals surface area contributed by atoms with Crippen LogP contribution < -0.4 is 0 Å². The number of hydrogen-bond acceptors (Lipinski definition) is 5. The number of hydrogen-bond donors (Lipinski definition) is 1. The lowest BCUT2D eigenvalue weighted by atomic mass is 9.93. The van der Waals surface area contributed by atoms with Crippen LogP contribution in [-0.2, 0) is 20.8 Å². The zero-order valence-corrected chi connectivity index (χ0v) is 19.4. The Hall–Kier alpha value is -2.74. The van der Waals surface area contributed by atoms with Gasteiger partial charge in [0.05, 0.1) is 6.61 Å². The number of carbonyl (C=O) groups is 1. The van der Waals surface area contributed by atoms with Crippen molar-refractivity contribution in [2.45, 2.75) is 38.0 Å². The van der Waals surface area contributed by atoms with E-state index in [9.17, 15) is 9.18 Å². The molecule has 2 aliphatic heterocycles. The molecule has 0 aromatic heterocycles. The lowest BCUT2D eigenvalue weighted by Gasteiger charge is -2.36. The lowest BCUT2D eigenvalue weighted by molar-refractivity contribution is -0.154. The summed E-state index contributed by atoms with van der Waals surface area (Å²) in [7, 11) is 0. The fourth-order valence-electron chi connectivity index (χ4n) is 4.39. The number of allylic oxidation sites excluding steroid dienone is 1. The molecule has 0 spiro atoms. The predicted octanol–water partition coefficient (Wildman–Crippen LogP) is 3.67. The molecule has 0 bridgehead atoms. The van der Waals surface area contributed by atoms with Crippen molar-refractivity contribution in [1.82, 2.24) is 9.80 Å². The number of carbonyl (C=O) groups excluding carboxylic acids is 1. The van der Waals surface area contributed by atoms with E-state index in [-0.39, 0.29) is 24.2 Å². The van der Waals surface area contributed by atoms with E-state index in [1.807, 2.05) is 29.2 Å². The molecule has 0 aliphatic carbocycles. The van der Waals surface area contributed by atoms with Gasteiger partial charge in [-0.15, -0.1) is 0 Å². The molecule has 2 atom stereocenters. The average molecular weight is 469 g/mol. The first-order valence-electron chi connectivity index (χ1n) is 12.0. The van der Waals surface area contributed by atoms with E-state index in [1.165, 1.54) is 17.7 Å². The zero-order chi connectivity index (χ0) is 23.8. The molecule has 0 unspecified atom stereocenters. The summed E-state index contributed by atoms with van der Waals surface area (Å²) in [5.74, 6) is -0.226. The standard InChI is InChI=1S/C27H33FN2O4/c28-24-10-8-22(9-11-24)23-18-25(34-26(19-23)33-17-5-4-16-31)27(32)30-14-12-29(13-15-30)20-21-6-2-1-3-7-21/h1-3,6-11,18,23,26,31H,4-5,12-17,19-20H2/t23-,26+/m0/s1. The van der Waals surface area contributed by atoms with Crippen LogP contribution in [0.2, 0.25) is 0 Å². The van der Waals surface area contributed by atoms with Gasteiger partial charge in [0, 0.05) is 51.7 Å². The monoisotopic (exact) mass is 468 g/mol. The average Bonchev–Trinajstić information content (AvgIpc) is 2.87. The SMILES string of the molecule is O=C(C1=C[C@H](c2ccc(F)cc2)C[C@H](OCCCCO)O1)N1CCN(Cc2ccccc2)CC1. The van der Waals surface area contributed by atoms with Gasteiger partial charge in [-0.2, -0.15) is 0 Å². The highest BCUT2D eigenvalue weighted by Crippen LogP contribution is 2.32. The van der Waals surface area contributed by atoms with E-state index in [4.69, 9.17) is 14.6 Å². The van der Waals surface area contributed by atoms with Gasteiger partial charge in [0.15, 0.2) is 5.76 Å². The summed E-state index contributed by atoms with van der Waals surface area (Å²) in [5, 5.41) is 9.00. The molecule has 2 aliphatic rings. The van der Waals surface area contributed by atoms with Gasteiger partial charge in [-0.05, 0) is 42.2 Å². The minimum Gasteiger partial charge on any atom is -0.459 e. The zero-order valence-electron chi connectivity index (χ0n) is 19.4. The van der Waals surface area contributed by atoms with Crippen molar-refractivity contribution >= 4 is 5.91 Å². The Morgan fingerprint density at radius 1 is 1.03 bits per heavy atom. The maximum absolute atomic E-state index is 13.4. The summed E-state index contributed by atoms with van der Waals surface area (Å²) in [4.78, 5) is 17.5. The molecule has 1 saturated heterocycles. The summed E-state index contributed by atoms with van der Waals surface area (Å²) >= 11 is 0. The minimum absolute atomic E-state index is 0.101. The van der Waals surface area contributed by atoms with Crippen molar-refractivity contribution in [3.63, 3.8) is 0 Å². The number of rotatable bonds is 9. The van der Waals surface area contributed by atoms with E-state index < -0.39 is 6.29 Å². The van der Waals surface area contributed by atoms with Crippen LogP contribution in [0.25, 0.3) is 0 Å². The molecule has 0 radical (unpaired) electrons. The third kappa shape index (κ3) is 6.65. The largest absolute Gasteiger partial charge is 0.459 e. The predicted molar refractivity (Wildman–Crippen MR) is 127 cm³/mol. The van der Waals surface area contributed by atoms with Crippen LogP contribution in [0.3, 0.4) is 0 Å². The number of amides is 1. The Morgan fingerprint density at radius 2 is 1.76 bits per heavy atom. The van der Waals surface area contributed by atoms with Gasteiger partial charge in [0.1, 0.15) is 5.82 Å². The number of aliphatic hydroxyl groups excluding tert-OH is 1. The van der Waals surface area contributed by atoms with Crippen molar-refractivity contribution in [2.24, 2.45) is 0 Å². The topological polar surface area (TPSA) is 62.2 Å². The molecular formula is C27H33FN2O4. The first-order chi connectivity index (χ1) is 16.6. The van der Waals surface area contributed by atoms with E-state index in [0.29, 0.717) is 44.7 Å². The quantitative estimate of drug-likeness (QED) is 0.569. The number of halogens is 1. The van der Waals surface area contributed by atoms with Crippen LogP contribution in [0.1, 0.15) is 36.3 Å². The Balaban J connectivity index is 1.40. The minimum atomic E-state index is -0.558. The number of nitrogens with zero attached hydrogens (tertiary/aromatic N) is 2. The van der Waals surface area contributed by atoms with E-state index in [2.05, 4.69) is 17.0 Å². The van der Waals surface area contributed by atoms with Crippen molar-refractivity contribution in [3.8, 4) is 0 Å². The van der Waals surface area contributed by atoms with Gasteiger partial charge >= 0.3 is 0 Å². The second-order valence-corrected chi connectivity index (χ2v) is 8.83. The van der Waals surface area contributed by atoms with Crippen molar-refractivity contribution in [2.75, 3.05) is 39.4 Å². The second-order valence-electron chi connectivity index (χ2n) is 8.83.